The number of pyridine rings is 3. The van der Waals surface area contributed by atoms with Crippen LogP contribution in [0.25, 0.3) is 244 Å². The molecule has 15 heteroatoms. The van der Waals surface area contributed by atoms with E-state index < -0.39 is 0 Å². The van der Waals surface area contributed by atoms with Crippen molar-refractivity contribution in [2.24, 2.45) is 0 Å². The Bertz CT molecular complexity index is 8900. The summed E-state index contributed by atoms with van der Waals surface area (Å²) in [5, 5.41) is 14.4. The summed E-state index contributed by atoms with van der Waals surface area (Å²) in [6.45, 7) is 0. The van der Waals surface area contributed by atoms with E-state index >= 15 is 0 Å². The highest BCUT2D eigenvalue weighted by Gasteiger charge is 2.25. The molecule has 646 valence electrons. The number of rotatable bonds is 13. The van der Waals surface area contributed by atoms with Crippen LogP contribution in [-0.2, 0) is 0 Å². The average molecular weight is 1770 g/mol. The molecular weight excluding hydrogens is 1690 g/mol. The highest BCUT2D eigenvalue weighted by molar-refractivity contribution is 6.17. The van der Waals surface area contributed by atoms with E-state index in [-0.39, 0.29) is 0 Å². The molecule has 0 atom stereocenters. The molecule has 11 heterocycles. The third-order valence-corrected chi connectivity index (χ3v) is 26.5. The van der Waals surface area contributed by atoms with Crippen LogP contribution >= 0.6 is 0 Å². The Morgan fingerprint density at radius 1 is 0.130 bits per heavy atom. The fourth-order valence-electron chi connectivity index (χ4n) is 20.3. The molecule has 138 heavy (non-hydrogen) atoms. The lowest BCUT2D eigenvalue weighted by Gasteiger charge is -2.11. The molecule has 28 rings (SSSR count). The van der Waals surface area contributed by atoms with Crippen molar-refractivity contribution in [3.05, 3.63) is 480 Å². The van der Waals surface area contributed by atoms with Crippen LogP contribution in [0.5, 0.6) is 0 Å². The van der Waals surface area contributed by atoms with Crippen LogP contribution in [0.3, 0.4) is 0 Å². The van der Waals surface area contributed by atoms with Crippen LogP contribution in [0.1, 0.15) is 0 Å². The first-order valence-corrected chi connectivity index (χ1v) is 46.2. The van der Waals surface area contributed by atoms with E-state index in [0.717, 1.165) is 116 Å². The number of hydrogen-bond donors (Lipinski definition) is 0. The van der Waals surface area contributed by atoms with Gasteiger partial charge in [0, 0.05) is 111 Å². The van der Waals surface area contributed by atoms with Gasteiger partial charge >= 0.3 is 0 Å². The average Bonchev–Trinajstić information content (AvgIpc) is 1.59. The first kappa shape index (κ1) is 79.9. The molecule has 0 amide bonds. The third kappa shape index (κ3) is 13.9. The largest absolute Gasteiger partial charge is 0.309 e. The summed E-state index contributed by atoms with van der Waals surface area (Å²) in [7, 11) is 0. The molecule has 15 nitrogen and oxygen atoms in total. The SMILES string of the molecule is c1ccc(-c2nc(-c3ccccc3)nc(-n3c4ccccc4c4cc(-c5ccc6c(c5)c5ccccc5n6-c5ccccc5)ccc43)n2)cc1.c1ccc(-c2nc(-c3ccccc3)nc(-n3c4ccccc4c4cc(-c5ccc6c(c5)c5ccccc5n6-c5cccnc5)ccc43)n2)cc1.c1cncc(-n2c3ccccc3c3cc(-c4ccc5c(c4)c4ccccc4n5-c4cccnc4)ccc32)c1. The normalized spacial score (nSPS) is 11.6. The van der Waals surface area contributed by atoms with Gasteiger partial charge in [0.15, 0.2) is 23.3 Å². The van der Waals surface area contributed by atoms with Gasteiger partial charge in [-0.2, -0.15) is 19.9 Å². The van der Waals surface area contributed by atoms with Crippen molar-refractivity contribution in [2.45, 2.75) is 0 Å². The van der Waals surface area contributed by atoms with Crippen LogP contribution in [0.2, 0.25) is 0 Å². The molecule has 0 fully saturated rings. The van der Waals surface area contributed by atoms with Crippen LogP contribution in [0.4, 0.5) is 0 Å². The van der Waals surface area contributed by atoms with Crippen molar-refractivity contribution in [3.63, 3.8) is 0 Å². The fraction of sp³-hybridized carbons (Fsp3) is 0. The number of aromatic nitrogens is 15. The maximum absolute atomic E-state index is 5.08. The van der Waals surface area contributed by atoms with Gasteiger partial charge in [0.1, 0.15) is 0 Å². The predicted octanol–water partition coefficient (Wildman–Crippen LogP) is 29.9. The molecule has 11 aromatic heterocycles. The summed E-state index contributed by atoms with van der Waals surface area (Å²) in [6.07, 6.45) is 11.2. The molecule has 0 aliphatic carbocycles. The number of para-hydroxylation sites is 7. The molecule has 0 aliphatic rings. The van der Waals surface area contributed by atoms with Gasteiger partial charge in [0.25, 0.3) is 0 Å². The van der Waals surface area contributed by atoms with E-state index in [1.54, 1.807) is 0 Å². The van der Waals surface area contributed by atoms with Crippen LogP contribution in [0, 0.1) is 0 Å². The van der Waals surface area contributed by atoms with Gasteiger partial charge in [-0.3, -0.25) is 24.1 Å². The predicted molar refractivity (Wildman–Crippen MR) is 564 cm³/mol. The highest BCUT2D eigenvalue weighted by atomic mass is 15.2. The highest BCUT2D eigenvalue weighted by Crippen LogP contribution is 2.45. The second-order valence-corrected chi connectivity index (χ2v) is 34.5. The van der Waals surface area contributed by atoms with Gasteiger partial charge < -0.3 is 18.3 Å². The van der Waals surface area contributed by atoms with Gasteiger partial charge in [-0.05, 0) is 191 Å². The Morgan fingerprint density at radius 3 is 0.551 bits per heavy atom. The van der Waals surface area contributed by atoms with Gasteiger partial charge in [0.05, 0.1) is 102 Å². The summed E-state index contributed by atoms with van der Waals surface area (Å²) < 4.78 is 13.6. The molecule has 0 N–H and O–H groups in total. The zero-order valence-corrected chi connectivity index (χ0v) is 74.3. The van der Waals surface area contributed by atoms with Crippen molar-refractivity contribution in [2.75, 3.05) is 0 Å². The molecular formula is C123H79N15. The minimum atomic E-state index is 0.585. The minimum absolute atomic E-state index is 0.585. The van der Waals surface area contributed by atoms with Crippen molar-refractivity contribution >= 4 is 131 Å². The third-order valence-electron chi connectivity index (χ3n) is 26.5. The van der Waals surface area contributed by atoms with Gasteiger partial charge in [-0.25, -0.2) is 9.97 Å². The van der Waals surface area contributed by atoms with E-state index in [9.17, 15) is 0 Å². The lowest BCUT2D eigenvalue weighted by atomic mass is 10.0. The Balaban J connectivity index is 0.000000108. The molecule has 0 spiro atoms. The van der Waals surface area contributed by atoms with Crippen LogP contribution in [-0.4, -0.2) is 72.3 Å². The Labute approximate surface area is 791 Å². The van der Waals surface area contributed by atoms with E-state index in [1.165, 1.54) is 92.9 Å². The molecule has 0 aliphatic heterocycles. The van der Waals surface area contributed by atoms with Gasteiger partial charge in [-0.15, -0.1) is 0 Å². The quantitative estimate of drug-likeness (QED) is 0.110. The molecule has 0 saturated heterocycles. The number of fused-ring (bicyclic) bond motifs is 18. The van der Waals surface area contributed by atoms with Crippen molar-refractivity contribution in [1.82, 2.24) is 72.3 Å². The van der Waals surface area contributed by atoms with E-state index in [0.29, 0.717) is 35.2 Å². The fourth-order valence-corrected chi connectivity index (χ4v) is 20.3. The Hall–Kier alpha value is -19.0. The first-order chi connectivity index (χ1) is 68.5. The van der Waals surface area contributed by atoms with E-state index in [4.69, 9.17) is 29.9 Å². The zero-order valence-electron chi connectivity index (χ0n) is 74.3. The summed E-state index contributed by atoms with van der Waals surface area (Å²) >= 11 is 0. The second kappa shape index (κ2) is 33.7. The molecule has 0 unspecified atom stereocenters. The lowest BCUT2D eigenvalue weighted by molar-refractivity contribution is 0.953. The smallest absolute Gasteiger partial charge is 0.238 e. The van der Waals surface area contributed by atoms with Crippen molar-refractivity contribution in [3.8, 4) is 114 Å². The van der Waals surface area contributed by atoms with Crippen LogP contribution in [0.15, 0.2) is 480 Å². The Kier molecular flexibility index (Phi) is 19.5. The van der Waals surface area contributed by atoms with Gasteiger partial charge in [0.2, 0.25) is 11.9 Å². The summed E-state index contributed by atoms with van der Waals surface area (Å²) in [5.74, 6) is 3.72. The standard InChI is InChI=1S/C45H29N5.C44H28N6.C34H22N4/c1-4-14-30(15-5-1)43-46-44(31-16-6-2-7-17-31)48-45(47-43)50-40-23-13-11-21-36(40)38-29-33(25-27-42(38)50)32-24-26-41-37(28-32)35-20-10-12-22-39(35)49(41)34-18-8-3-9-19-34;1-3-12-29(13-4-1)42-46-43(30-14-5-2-6-15-30)48-44(47-42)50-39-20-10-8-18-35(39)37-27-32(22-24-41(37)50)31-21-23-40-36(26-31)34-17-7-9-19-38(34)49(40)33-16-11-25-45-28-33;1-3-11-31-27(9-1)29-19-23(13-15-33(29)37(31)25-7-5-17-35-21-25)24-14-16-34-30(20-24)28-10-2-4-12-32(28)38(34)26-8-6-18-36-22-26/h1-29H;1-28H;1-22H. The van der Waals surface area contributed by atoms with Crippen molar-refractivity contribution in [1.29, 1.82) is 0 Å². The maximum Gasteiger partial charge on any atom is 0.238 e. The topological polar surface area (TPSA) is 146 Å². The first-order valence-electron chi connectivity index (χ1n) is 46.2. The lowest BCUT2D eigenvalue weighted by Crippen LogP contribution is -2.06. The number of nitrogens with zero attached hydrogens (tertiary/aromatic N) is 15. The van der Waals surface area contributed by atoms with Crippen molar-refractivity contribution < 1.29 is 0 Å². The maximum atomic E-state index is 5.08. The van der Waals surface area contributed by atoms with Gasteiger partial charge in [-0.1, -0.05) is 285 Å². The molecule has 17 aromatic carbocycles. The summed E-state index contributed by atoms with van der Waals surface area (Å²) in [4.78, 5) is 43.3. The summed E-state index contributed by atoms with van der Waals surface area (Å²) in [5.41, 5.74) is 28.7. The molecule has 0 saturated carbocycles. The monoisotopic (exact) mass is 1770 g/mol. The molecule has 0 bridgehead atoms. The zero-order chi connectivity index (χ0) is 91.1. The number of hydrogen-bond acceptors (Lipinski definition) is 9. The van der Waals surface area contributed by atoms with E-state index in [1.807, 2.05) is 177 Å². The number of benzene rings is 17. The molecule has 28 aromatic rings. The van der Waals surface area contributed by atoms with Crippen LogP contribution < -0.4 is 0 Å². The minimum Gasteiger partial charge on any atom is -0.309 e. The Morgan fingerprint density at radius 2 is 0.319 bits per heavy atom. The van der Waals surface area contributed by atoms with E-state index in [2.05, 4.69) is 346 Å². The molecule has 0 radical (unpaired) electrons. The summed E-state index contributed by atoms with van der Waals surface area (Å²) in [6, 6.07) is 155. The second-order valence-electron chi connectivity index (χ2n) is 34.5.